The van der Waals surface area contributed by atoms with Crippen molar-refractivity contribution >= 4 is 21.8 Å². The van der Waals surface area contributed by atoms with Crippen LogP contribution in [0.15, 0.2) is 22.7 Å². The molecule has 21 heavy (non-hydrogen) atoms. The van der Waals surface area contributed by atoms with E-state index in [1.54, 1.807) is 7.11 Å². The lowest BCUT2D eigenvalue weighted by atomic mass is 10.2. The Morgan fingerprint density at radius 2 is 2.24 bits per heavy atom. The summed E-state index contributed by atoms with van der Waals surface area (Å²) in [4.78, 5) is 13.2. The van der Waals surface area contributed by atoms with E-state index in [-0.39, 0.29) is 5.91 Å². The summed E-state index contributed by atoms with van der Waals surface area (Å²) in [5.74, 6) is 1.68. The van der Waals surface area contributed by atoms with E-state index in [1.165, 1.54) is 12.8 Å². The summed E-state index contributed by atoms with van der Waals surface area (Å²) in [6, 6.07) is 6.27. The highest BCUT2D eigenvalue weighted by atomic mass is 79.9. The normalized spacial score (nSPS) is 17.1. The fourth-order valence-electron chi connectivity index (χ4n) is 2.57. The third kappa shape index (κ3) is 5.00. The molecule has 1 unspecified atom stereocenters. The number of carbonyl (C=O) groups excluding carboxylic acids is 1. The highest BCUT2D eigenvalue weighted by molar-refractivity contribution is 9.10. The van der Waals surface area contributed by atoms with E-state index in [1.807, 2.05) is 25.2 Å². The summed E-state index contributed by atoms with van der Waals surface area (Å²) in [5, 5.41) is 3.10. The lowest BCUT2D eigenvalue weighted by Crippen LogP contribution is -3.09. The molecule has 0 saturated heterocycles. The van der Waals surface area contributed by atoms with Gasteiger partial charge in [-0.25, -0.2) is 0 Å². The standard InChI is InChI=1S/C16H23BrN2O2/c1-11(12-4-5-12)18-16(20)10-19(2)9-13-8-14(17)6-7-15(13)21-3/h6-8,11-12H,4-5,9-10H2,1-3H3,(H,18,20)/p+1/t11-/m1/s1. The molecule has 0 aromatic heterocycles. The number of hydrogen-bond donors (Lipinski definition) is 2. The van der Waals surface area contributed by atoms with Crippen molar-refractivity contribution in [1.82, 2.24) is 5.32 Å². The van der Waals surface area contributed by atoms with Crippen LogP contribution in [0.2, 0.25) is 0 Å². The Balaban J connectivity index is 1.87. The molecule has 1 saturated carbocycles. The van der Waals surface area contributed by atoms with E-state index in [4.69, 9.17) is 4.74 Å². The first-order valence-corrected chi connectivity index (χ1v) is 8.22. The molecule has 1 aromatic carbocycles. The molecule has 2 N–H and O–H groups in total. The molecule has 1 amide bonds. The van der Waals surface area contributed by atoms with Crippen molar-refractivity contribution in [3.63, 3.8) is 0 Å². The largest absolute Gasteiger partial charge is 0.496 e. The van der Waals surface area contributed by atoms with Gasteiger partial charge >= 0.3 is 0 Å². The van der Waals surface area contributed by atoms with Crippen LogP contribution in [0, 0.1) is 5.92 Å². The van der Waals surface area contributed by atoms with Crippen LogP contribution < -0.4 is 15.0 Å². The minimum Gasteiger partial charge on any atom is -0.496 e. The number of hydrogen-bond acceptors (Lipinski definition) is 2. The Morgan fingerprint density at radius 1 is 1.52 bits per heavy atom. The van der Waals surface area contributed by atoms with Gasteiger partial charge in [0.2, 0.25) is 0 Å². The third-order valence-electron chi connectivity index (χ3n) is 3.91. The molecule has 4 nitrogen and oxygen atoms in total. The molecule has 1 aromatic rings. The topological polar surface area (TPSA) is 42.8 Å². The van der Waals surface area contributed by atoms with Crippen LogP contribution in [0.25, 0.3) is 0 Å². The molecule has 2 rings (SSSR count). The predicted molar refractivity (Wildman–Crippen MR) is 86.5 cm³/mol. The smallest absolute Gasteiger partial charge is 0.275 e. The van der Waals surface area contributed by atoms with Crippen LogP contribution in [0.5, 0.6) is 5.75 Å². The summed E-state index contributed by atoms with van der Waals surface area (Å²) in [6.45, 7) is 3.34. The van der Waals surface area contributed by atoms with Crippen LogP contribution in [-0.4, -0.2) is 32.7 Å². The molecule has 1 aliphatic rings. The van der Waals surface area contributed by atoms with Gasteiger partial charge in [0.15, 0.2) is 6.54 Å². The molecule has 116 valence electrons. The van der Waals surface area contributed by atoms with Crippen molar-refractivity contribution in [3.8, 4) is 5.75 Å². The molecule has 2 atom stereocenters. The van der Waals surface area contributed by atoms with E-state index in [0.29, 0.717) is 18.5 Å². The minimum atomic E-state index is 0.126. The summed E-state index contributed by atoms with van der Waals surface area (Å²) < 4.78 is 6.40. The molecule has 0 heterocycles. The zero-order valence-electron chi connectivity index (χ0n) is 12.9. The van der Waals surface area contributed by atoms with E-state index in [9.17, 15) is 4.79 Å². The molecule has 0 bridgehead atoms. The second kappa shape index (κ2) is 7.27. The highest BCUT2D eigenvalue weighted by Crippen LogP contribution is 2.32. The zero-order valence-corrected chi connectivity index (χ0v) is 14.5. The second-order valence-corrected chi connectivity index (χ2v) is 6.88. The first-order valence-electron chi connectivity index (χ1n) is 7.42. The molecular weight excluding hydrogens is 332 g/mol. The van der Waals surface area contributed by atoms with Gasteiger partial charge in [-0.15, -0.1) is 0 Å². The van der Waals surface area contributed by atoms with Gasteiger partial charge < -0.3 is 15.0 Å². The van der Waals surface area contributed by atoms with Crippen molar-refractivity contribution in [2.45, 2.75) is 32.4 Å². The molecule has 1 aliphatic carbocycles. The molecule has 0 radical (unpaired) electrons. The third-order valence-corrected chi connectivity index (χ3v) is 4.41. The molecular formula is C16H24BrN2O2+. The van der Waals surface area contributed by atoms with E-state index in [0.717, 1.165) is 27.2 Å². The van der Waals surface area contributed by atoms with Crippen LogP contribution in [-0.2, 0) is 11.3 Å². The first-order chi connectivity index (χ1) is 9.99. The quantitative estimate of drug-likeness (QED) is 0.776. The number of carbonyl (C=O) groups is 1. The van der Waals surface area contributed by atoms with Gasteiger partial charge in [-0.2, -0.15) is 0 Å². The van der Waals surface area contributed by atoms with E-state index >= 15 is 0 Å². The van der Waals surface area contributed by atoms with E-state index < -0.39 is 0 Å². The number of nitrogens with one attached hydrogen (secondary N) is 2. The van der Waals surface area contributed by atoms with Gasteiger partial charge in [0.05, 0.1) is 14.2 Å². The van der Waals surface area contributed by atoms with E-state index in [2.05, 4.69) is 28.2 Å². The average molecular weight is 356 g/mol. The number of methoxy groups -OCH3 is 1. The van der Waals surface area contributed by atoms with Gasteiger partial charge in [0.1, 0.15) is 12.3 Å². The monoisotopic (exact) mass is 355 g/mol. The van der Waals surface area contributed by atoms with Crippen LogP contribution >= 0.6 is 15.9 Å². The van der Waals surface area contributed by atoms with Crippen LogP contribution in [0.4, 0.5) is 0 Å². The summed E-state index contributed by atoms with van der Waals surface area (Å²) in [7, 11) is 3.70. The number of benzene rings is 1. The average Bonchev–Trinajstić information content (AvgIpc) is 3.22. The maximum Gasteiger partial charge on any atom is 0.275 e. The first kappa shape index (κ1) is 16.3. The SMILES string of the molecule is COc1ccc(Br)cc1C[NH+](C)CC(=O)N[C@H](C)C1CC1. The van der Waals surface area contributed by atoms with Gasteiger partial charge in [-0.05, 0) is 43.9 Å². The predicted octanol–water partition coefficient (Wildman–Crippen LogP) is 1.39. The maximum absolute atomic E-state index is 12.0. The Labute approximate surface area is 135 Å². The fourth-order valence-corrected chi connectivity index (χ4v) is 2.97. The summed E-state index contributed by atoms with van der Waals surface area (Å²) in [6.07, 6.45) is 2.50. The lowest BCUT2D eigenvalue weighted by molar-refractivity contribution is -0.885. The Hall–Kier alpha value is -1.07. The van der Waals surface area contributed by atoms with Crippen LogP contribution in [0.1, 0.15) is 25.3 Å². The summed E-state index contributed by atoms with van der Waals surface area (Å²) in [5.41, 5.74) is 1.10. The van der Waals surface area contributed by atoms with Gasteiger partial charge in [-0.1, -0.05) is 15.9 Å². The van der Waals surface area contributed by atoms with Crippen molar-refractivity contribution in [2.24, 2.45) is 5.92 Å². The number of likely N-dealkylation sites (N-methyl/N-ethyl adjacent to an activating group) is 1. The highest BCUT2D eigenvalue weighted by Gasteiger charge is 2.29. The Morgan fingerprint density at radius 3 is 2.86 bits per heavy atom. The number of quaternary nitrogens is 1. The maximum atomic E-state index is 12.0. The van der Waals surface area contributed by atoms with Gasteiger partial charge in [0, 0.05) is 16.1 Å². The Bertz CT molecular complexity index is 503. The lowest BCUT2D eigenvalue weighted by Gasteiger charge is -2.18. The number of rotatable bonds is 7. The number of ether oxygens (including phenoxy) is 1. The van der Waals surface area contributed by atoms with Crippen molar-refractivity contribution in [3.05, 3.63) is 28.2 Å². The molecule has 0 aliphatic heterocycles. The van der Waals surface area contributed by atoms with Crippen molar-refractivity contribution in [2.75, 3.05) is 20.7 Å². The molecule has 1 fully saturated rings. The van der Waals surface area contributed by atoms with Gasteiger partial charge in [-0.3, -0.25) is 4.79 Å². The fraction of sp³-hybridized carbons (Fsp3) is 0.562. The van der Waals surface area contributed by atoms with Crippen molar-refractivity contribution < 1.29 is 14.4 Å². The Kier molecular flexibility index (Phi) is 5.65. The minimum absolute atomic E-state index is 0.126. The number of amides is 1. The molecule has 0 spiro atoms. The van der Waals surface area contributed by atoms with Crippen LogP contribution in [0.3, 0.4) is 0 Å². The number of halogens is 1. The summed E-state index contributed by atoms with van der Waals surface area (Å²) >= 11 is 3.48. The van der Waals surface area contributed by atoms with Crippen molar-refractivity contribution in [1.29, 1.82) is 0 Å². The second-order valence-electron chi connectivity index (χ2n) is 5.96. The molecule has 5 heteroatoms. The van der Waals surface area contributed by atoms with Gasteiger partial charge in [0.25, 0.3) is 5.91 Å². The zero-order chi connectivity index (χ0) is 15.4.